The highest BCUT2D eigenvalue weighted by molar-refractivity contribution is 5.95. The summed E-state index contributed by atoms with van der Waals surface area (Å²) in [7, 11) is 0. The number of aromatic nitrogens is 4. The molecule has 6 rings (SSSR count). The van der Waals surface area contributed by atoms with E-state index in [1.165, 1.54) is 4.90 Å². The quantitative estimate of drug-likeness (QED) is 0.429. The second kappa shape index (κ2) is 10.4. The number of pyridine rings is 1. The van der Waals surface area contributed by atoms with Gasteiger partial charge in [0.15, 0.2) is 0 Å². The molecule has 0 aliphatic carbocycles. The first-order valence-electron chi connectivity index (χ1n) is 12.5. The standard InChI is InChI=1S/C26H26F2N8O2/c27-21-14-20(15-22(28)23(21)25(37)33-10-12-38-13-11-33)35-7-3-18-16-31-26(32-24(18)35)36(19-2-1-4-30-17-19)34-8-5-29-6-9-34/h1-4,7,14-17,29H,5-6,8-13H2. The zero-order valence-electron chi connectivity index (χ0n) is 20.6. The van der Waals surface area contributed by atoms with Crippen molar-refractivity contribution in [3.8, 4) is 5.69 Å². The summed E-state index contributed by atoms with van der Waals surface area (Å²) in [5.74, 6) is -2.12. The van der Waals surface area contributed by atoms with E-state index < -0.39 is 23.1 Å². The van der Waals surface area contributed by atoms with Gasteiger partial charge in [-0.2, -0.15) is 4.98 Å². The third kappa shape index (κ3) is 4.57. The Kier molecular flexibility index (Phi) is 6.66. The molecule has 0 atom stereocenters. The number of hydrogen-bond donors (Lipinski definition) is 1. The number of amides is 1. The summed E-state index contributed by atoms with van der Waals surface area (Å²) in [6, 6.07) is 7.87. The van der Waals surface area contributed by atoms with E-state index in [0.29, 0.717) is 43.3 Å². The zero-order chi connectivity index (χ0) is 26.1. The Balaban J connectivity index is 1.39. The Morgan fingerprint density at radius 1 is 1.03 bits per heavy atom. The molecule has 2 aliphatic rings. The molecule has 38 heavy (non-hydrogen) atoms. The maximum atomic E-state index is 15.2. The number of morpholine rings is 1. The number of hydrazine groups is 1. The minimum atomic E-state index is -0.926. The summed E-state index contributed by atoms with van der Waals surface area (Å²) >= 11 is 0. The van der Waals surface area contributed by atoms with E-state index in [1.807, 2.05) is 17.1 Å². The molecule has 0 unspecified atom stereocenters. The third-order valence-electron chi connectivity index (χ3n) is 6.69. The van der Waals surface area contributed by atoms with Gasteiger partial charge in [-0.3, -0.25) is 9.78 Å². The van der Waals surface area contributed by atoms with Gasteiger partial charge >= 0.3 is 0 Å². The van der Waals surface area contributed by atoms with Crippen LogP contribution in [0.15, 0.2) is 55.1 Å². The van der Waals surface area contributed by atoms with Crippen LogP contribution in [-0.4, -0.2) is 87.8 Å². The lowest BCUT2D eigenvalue weighted by Gasteiger charge is -2.37. The smallest absolute Gasteiger partial charge is 0.259 e. The van der Waals surface area contributed by atoms with Crippen LogP contribution < -0.4 is 10.3 Å². The van der Waals surface area contributed by atoms with Gasteiger partial charge in [-0.25, -0.2) is 23.8 Å². The van der Waals surface area contributed by atoms with Crippen molar-refractivity contribution in [3.63, 3.8) is 0 Å². The molecule has 10 nitrogen and oxygen atoms in total. The molecule has 2 saturated heterocycles. The van der Waals surface area contributed by atoms with Gasteiger partial charge in [0.1, 0.15) is 22.8 Å². The van der Waals surface area contributed by atoms with Crippen LogP contribution in [0.2, 0.25) is 0 Å². The summed E-state index contributed by atoms with van der Waals surface area (Å²) in [5, 5.41) is 8.09. The van der Waals surface area contributed by atoms with Crippen molar-refractivity contribution in [1.82, 2.24) is 34.7 Å². The Labute approximate surface area is 217 Å². The average Bonchev–Trinajstić information content (AvgIpc) is 3.38. The Morgan fingerprint density at radius 2 is 1.79 bits per heavy atom. The number of piperazine rings is 1. The number of ether oxygens (including phenoxy) is 1. The van der Waals surface area contributed by atoms with Crippen LogP contribution in [0, 0.1) is 11.6 Å². The number of fused-ring (bicyclic) bond motifs is 1. The van der Waals surface area contributed by atoms with Crippen LogP contribution >= 0.6 is 0 Å². The van der Waals surface area contributed by atoms with Gasteiger partial charge in [-0.1, -0.05) is 0 Å². The molecule has 3 aromatic heterocycles. The molecule has 0 saturated carbocycles. The Bertz CT molecular complexity index is 1430. The van der Waals surface area contributed by atoms with E-state index in [9.17, 15) is 4.79 Å². The fraction of sp³-hybridized carbons (Fsp3) is 0.308. The monoisotopic (exact) mass is 520 g/mol. The summed E-state index contributed by atoms with van der Waals surface area (Å²) in [6.45, 7) is 4.37. The highest BCUT2D eigenvalue weighted by Crippen LogP contribution is 2.28. The maximum absolute atomic E-state index is 15.2. The lowest BCUT2D eigenvalue weighted by Crippen LogP contribution is -2.51. The molecule has 1 aromatic carbocycles. The van der Waals surface area contributed by atoms with E-state index in [1.54, 1.807) is 35.4 Å². The van der Waals surface area contributed by atoms with E-state index in [0.717, 1.165) is 44.0 Å². The molecular formula is C26H26F2N8O2. The Morgan fingerprint density at radius 3 is 2.50 bits per heavy atom. The first-order valence-corrected chi connectivity index (χ1v) is 12.5. The van der Waals surface area contributed by atoms with Crippen LogP contribution in [0.3, 0.4) is 0 Å². The highest BCUT2D eigenvalue weighted by atomic mass is 19.1. The fourth-order valence-electron chi connectivity index (χ4n) is 4.78. The molecule has 2 fully saturated rings. The van der Waals surface area contributed by atoms with Crippen LogP contribution in [0.5, 0.6) is 0 Å². The van der Waals surface area contributed by atoms with Crippen molar-refractivity contribution in [1.29, 1.82) is 0 Å². The number of rotatable bonds is 5. The number of carbonyl (C=O) groups excluding carboxylic acids is 1. The Hall–Kier alpha value is -4.00. The van der Waals surface area contributed by atoms with Crippen LogP contribution in [0.1, 0.15) is 10.4 Å². The van der Waals surface area contributed by atoms with Gasteiger partial charge in [0.2, 0.25) is 5.95 Å². The maximum Gasteiger partial charge on any atom is 0.259 e. The number of halogens is 2. The molecule has 0 bridgehead atoms. The van der Waals surface area contributed by atoms with E-state index in [4.69, 9.17) is 9.72 Å². The minimum Gasteiger partial charge on any atom is -0.378 e. The second-order valence-corrected chi connectivity index (χ2v) is 9.05. The number of nitrogens with one attached hydrogen (secondary N) is 1. The zero-order valence-corrected chi connectivity index (χ0v) is 20.6. The van der Waals surface area contributed by atoms with Crippen molar-refractivity contribution < 1.29 is 18.3 Å². The summed E-state index contributed by atoms with van der Waals surface area (Å²) in [5.41, 5.74) is 0.928. The number of nitrogens with zero attached hydrogens (tertiary/aromatic N) is 7. The normalized spacial score (nSPS) is 16.6. The van der Waals surface area contributed by atoms with Gasteiger partial charge in [0.05, 0.1) is 30.8 Å². The molecule has 2 aliphatic heterocycles. The predicted octanol–water partition coefficient (Wildman–Crippen LogP) is 2.52. The first-order chi connectivity index (χ1) is 18.6. The topological polar surface area (TPSA) is 91.7 Å². The molecule has 5 heterocycles. The van der Waals surface area contributed by atoms with Gasteiger partial charge < -0.3 is 19.5 Å². The number of benzene rings is 1. The predicted molar refractivity (Wildman–Crippen MR) is 136 cm³/mol. The molecule has 1 amide bonds. The average molecular weight is 521 g/mol. The molecule has 4 aromatic rings. The number of hydrogen-bond acceptors (Lipinski definition) is 8. The van der Waals surface area contributed by atoms with Crippen molar-refractivity contribution in [3.05, 3.63) is 72.3 Å². The van der Waals surface area contributed by atoms with Gasteiger partial charge in [-0.15, -0.1) is 0 Å². The third-order valence-corrected chi connectivity index (χ3v) is 6.69. The summed E-state index contributed by atoms with van der Waals surface area (Å²) in [6.07, 6.45) is 6.80. The molecule has 12 heteroatoms. The van der Waals surface area contributed by atoms with Crippen molar-refractivity contribution in [2.24, 2.45) is 0 Å². The molecule has 1 N–H and O–H groups in total. The van der Waals surface area contributed by atoms with Crippen molar-refractivity contribution in [2.75, 3.05) is 57.5 Å². The van der Waals surface area contributed by atoms with Gasteiger partial charge in [-0.05, 0) is 30.3 Å². The van der Waals surface area contributed by atoms with Crippen molar-refractivity contribution in [2.45, 2.75) is 0 Å². The first kappa shape index (κ1) is 24.3. The number of anilines is 2. The molecular weight excluding hydrogens is 494 g/mol. The highest BCUT2D eigenvalue weighted by Gasteiger charge is 2.27. The molecule has 0 radical (unpaired) electrons. The van der Waals surface area contributed by atoms with E-state index in [2.05, 4.69) is 20.3 Å². The molecule has 0 spiro atoms. The van der Waals surface area contributed by atoms with Crippen LogP contribution in [0.25, 0.3) is 16.7 Å². The van der Waals surface area contributed by atoms with E-state index >= 15 is 8.78 Å². The van der Waals surface area contributed by atoms with Crippen LogP contribution in [-0.2, 0) is 4.74 Å². The minimum absolute atomic E-state index is 0.216. The lowest BCUT2D eigenvalue weighted by atomic mass is 10.1. The lowest BCUT2D eigenvalue weighted by molar-refractivity contribution is 0.0296. The molecule has 196 valence electrons. The van der Waals surface area contributed by atoms with E-state index in [-0.39, 0.29) is 5.69 Å². The second-order valence-electron chi connectivity index (χ2n) is 9.05. The van der Waals surface area contributed by atoms with Crippen molar-refractivity contribution >= 4 is 28.6 Å². The van der Waals surface area contributed by atoms with Crippen LogP contribution in [0.4, 0.5) is 20.4 Å². The number of carbonyl (C=O) groups is 1. The largest absolute Gasteiger partial charge is 0.378 e. The SMILES string of the molecule is O=C(c1c(F)cc(-n2ccc3cnc(N(c4cccnc4)N4CCNCC4)nc32)cc1F)N1CCOCC1. The fourth-order valence-corrected chi connectivity index (χ4v) is 4.78. The van der Waals surface area contributed by atoms with Gasteiger partial charge in [0.25, 0.3) is 5.91 Å². The summed E-state index contributed by atoms with van der Waals surface area (Å²) in [4.78, 5) is 27.9. The van der Waals surface area contributed by atoms with Gasteiger partial charge in [0, 0.05) is 63.2 Å². The summed E-state index contributed by atoms with van der Waals surface area (Å²) < 4.78 is 37.2.